The largest absolute Gasteiger partial charge is 0.464 e. The Morgan fingerprint density at radius 3 is 2.89 bits per heavy atom. The summed E-state index contributed by atoms with van der Waals surface area (Å²) in [4.78, 5) is 18.7. The number of methoxy groups -OCH3 is 1. The zero-order valence-electron chi connectivity index (χ0n) is 10.1. The molecule has 0 bridgehead atoms. The van der Waals surface area contributed by atoms with Gasteiger partial charge in [-0.25, -0.2) is 9.78 Å². The third kappa shape index (κ3) is 1.90. The molecular weight excluding hydrogens is 228 g/mol. The predicted molar refractivity (Wildman–Crippen MR) is 67.3 cm³/mol. The zero-order chi connectivity index (χ0) is 12.5. The minimum absolute atomic E-state index is 0.387. The van der Waals surface area contributed by atoms with E-state index in [0.717, 1.165) is 11.4 Å². The lowest BCUT2D eigenvalue weighted by molar-refractivity contribution is 0.0595. The Hall–Kier alpha value is -2.10. The van der Waals surface area contributed by atoms with Crippen LogP contribution in [-0.2, 0) is 4.74 Å². The van der Waals surface area contributed by atoms with Gasteiger partial charge < -0.3 is 9.72 Å². The summed E-state index contributed by atoms with van der Waals surface area (Å²) in [5, 5.41) is 0. The first-order chi connectivity index (χ1) is 8.79. The number of imidazole rings is 1. The van der Waals surface area contributed by atoms with E-state index >= 15 is 0 Å². The summed E-state index contributed by atoms with van der Waals surface area (Å²) in [6, 6.07) is 8.20. The summed E-state index contributed by atoms with van der Waals surface area (Å²) < 4.78 is 4.67. The molecule has 1 aliphatic rings. The third-order valence-electron chi connectivity index (χ3n) is 3.21. The van der Waals surface area contributed by atoms with E-state index in [9.17, 15) is 4.79 Å². The maximum absolute atomic E-state index is 11.4. The molecule has 0 saturated heterocycles. The van der Waals surface area contributed by atoms with Gasteiger partial charge in [-0.15, -0.1) is 0 Å². The van der Waals surface area contributed by atoms with Crippen molar-refractivity contribution in [3.63, 3.8) is 0 Å². The topological polar surface area (TPSA) is 55.0 Å². The Balaban J connectivity index is 1.99. The summed E-state index contributed by atoms with van der Waals surface area (Å²) in [5.41, 5.74) is 2.77. The van der Waals surface area contributed by atoms with Crippen molar-refractivity contribution >= 4 is 5.97 Å². The van der Waals surface area contributed by atoms with E-state index in [-0.39, 0.29) is 0 Å². The van der Waals surface area contributed by atoms with Gasteiger partial charge in [0.1, 0.15) is 11.5 Å². The molecule has 0 amide bonds. The number of rotatable bonds is 3. The fraction of sp³-hybridized carbons (Fsp3) is 0.286. The lowest BCUT2D eigenvalue weighted by Crippen LogP contribution is -2.01. The normalized spacial score (nSPS) is 14.5. The predicted octanol–water partition coefficient (Wildman–Crippen LogP) is 2.74. The first kappa shape index (κ1) is 11.0. The number of ether oxygens (including phenoxy) is 1. The maximum Gasteiger partial charge on any atom is 0.356 e. The van der Waals surface area contributed by atoms with Crippen LogP contribution in [0.5, 0.6) is 0 Å². The molecule has 1 aliphatic carbocycles. The molecule has 1 aromatic carbocycles. The van der Waals surface area contributed by atoms with Gasteiger partial charge in [0.15, 0.2) is 0 Å². The highest BCUT2D eigenvalue weighted by Gasteiger charge is 2.26. The van der Waals surface area contributed by atoms with Crippen LogP contribution in [0.1, 0.15) is 34.8 Å². The number of nitrogens with zero attached hydrogens (tertiary/aromatic N) is 1. The van der Waals surface area contributed by atoms with Crippen molar-refractivity contribution in [2.45, 2.75) is 18.8 Å². The molecule has 3 rings (SSSR count). The molecule has 2 aromatic rings. The van der Waals surface area contributed by atoms with Gasteiger partial charge in [0, 0.05) is 5.56 Å². The number of aromatic nitrogens is 2. The summed E-state index contributed by atoms with van der Waals surface area (Å²) >= 11 is 0. The molecular formula is C14H14N2O2. The minimum atomic E-state index is -0.391. The highest BCUT2D eigenvalue weighted by atomic mass is 16.5. The highest BCUT2D eigenvalue weighted by molar-refractivity contribution is 5.87. The Morgan fingerprint density at radius 2 is 2.17 bits per heavy atom. The fourth-order valence-corrected chi connectivity index (χ4v) is 2.13. The van der Waals surface area contributed by atoms with E-state index in [1.165, 1.54) is 31.7 Å². The number of hydrogen-bond acceptors (Lipinski definition) is 3. The second kappa shape index (κ2) is 4.29. The Labute approximate surface area is 105 Å². The summed E-state index contributed by atoms with van der Waals surface area (Å²) in [7, 11) is 1.36. The number of carbonyl (C=O) groups is 1. The highest BCUT2D eigenvalue weighted by Crippen LogP contribution is 2.43. The molecule has 0 spiro atoms. The second-order valence-corrected chi connectivity index (χ2v) is 4.50. The van der Waals surface area contributed by atoms with Crippen LogP contribution in [0.15, 0.2) is 30.5 Å². The van der Waals surface area contributed by atoms with E-state index in [4.69, 9.17) is 0 Å². The van der Waals surface area contributed by atoms with Crippen molar-refractivity contribution in [2.24, 2.45) is 0 Å². The summed E-state index contributed by atoms with van der Waals surface area (Å²) in [6.45, 7) is 0. The minimum Gasteiger partial charge on any atom is -0.464 e. The van der Waals surface area contributed by atoms with Crippen LogP contribution in [0.2, 0.25) is 0 Å². The first-order valence-electron chi connectivity index (χ1n) is 6.02. The first-order valence-corrected chi connectivity index (χ1v) is 6.02. The molecule has 1 fully saturated rings. The molecule has 0 unspecified atom stereocenters. The fourth-order valence-electron chi connectivity index (χ4n) is 2.13. The molecule has 0 aliphatic heterocycles. The molecule has 1 aromatic heterocycles. The van der Waals surface area contributed by atoms with E-state index in [0.29, 0.717) is 11.6 Å². The van der Waals surface area contributed by atoms with E-state index < -0.39 is 5.97 Å². The summed E-state index contributed by atoms with van der Waals surface area (Å²) in [5.74, 6) is 0.989. The van der Waals surface area contributed by atoms with Crippen molar-refractivity contribution in [3.8, 4) is 11.4 Å². The molecule has 0 radical (unpaired) electrons. The van der Waals surface area contributed by atoms with E-state index in [1.807, 2.05) is 18.2 Å². The van der Waals surface area contributed by atoms with Gasteiger partial charge in [-0.05, 0) is 24.3 Å². The van der Waals surface area contributed by atoms with Crippen LogP contribution < -0.4 is 0 Å². The third-order valence-corrected chi connectivity index (χ3v) is 3.21. The number of aromatic amines is 1. The number of nitrogens with one attached hydrogen (secondary N) is 1. The molecule has 1 saturated carbocycles. The van der Waals surface area contributed by atoms with Gasteiger partial charge >= 0.3 is 5.97 Å². The lowest BCUT2D eigenvalue weighted by Gasteiger charge is -2.05. The molecule has 4 nitrogen and oxygen atoms in total. The van der Waals surface area contributed by atoms with Gasteiger partial charge in [0.2, 0.25) is 0 Å². The molecule has 92 valence electrons. The quantitative estimate of drug-likeness (QED) is 0.842. The van der Waals surface area contributed by atoms with Gasteiger partial charge in [-0.1, -0.05) is 24.3 Å². The monoisotopic (exact) mass is 242 g/mol. The maximum atomic E-state index is 11.4. The number of esters is 1. The number of H-pyrrole nitrogens is 1. The van der Waals surface area contributed by atoms with Gasteiger partial charge in [0.05, 0.1) is 13.3 Å². The van der Waals surface area contributed by atoms with Crippen molar-refractivity contribution in [1.82, 2.24) is 9.97 Å². The standard InChI is InChI=1S/C14H14N2O2/c1-18-14(17)12-8-15-13(16-12)11-5-3-2-4-10(11)9-6-7-9/h2-5,8-9H,6-7H2,1H3,(H,15,16). The average Bonchev–Trinajstić information content (AvgIpc) is 3.15. The summed E-state index contributed by atoms with van der Waals surface area (Å²) in [6.07, 6.45) is 3.99. The average molecular weight is 242 g/mol. The van der Waals surface area contributed by atoms with Crippen LogP contribution in [-0.4, -0.2) is 23.0 Å². The van der Waals surface area contributed by atoms with Crippen LogP contribution in [0.25, 0.3) is 11.4 Å². The van der Waals surface area contributed by atoms with Crippen molar-refractivity contribution < 1.29 is 9.53 Å². The number of benzene rings is 1. The van der Waals surface area contributed by atoms with Gasteiger partial charge in [-0.3, -0.25) is 0 Å². The number of carbonyl (C=O) groups excluding carboxylic acids is 1. The van der Waals surface area contributed by atoms with Gasteiger partial charge in [-0.2, -0.15) is 0 Å². The Kier molecular flexibility index (Phi) is 2.63. The Bertz CT molecular complexity index is 585. The lowest BCUT2D eigenvalue weighted by atomic mass is 10.0. The molecule has 18 heavy (non-hydrogen) atoms. The SMILES string of the molecule is COC(=O)c1cnc(-c2ccccc2C2CC2)[nH]1. The van der Waals surface area contributed by atoms with Crippen molar-refractivity contribution in [1.29, 1.82) is 0 Å². The van der Waals surface area contributed by atoms with Crippen LogP contribution in [0.4, 0.5) is 0 Å². The van der Waals surface area contributed by atoms with Crippen LogP contribution in [0, 0.1) is 0 Å². The van der Waals surface area contributed by atoms with Gasteiger partial charge in [0.25, 0.3) is 0 Å². The molecule has 0 atom stereocenters. The van der Waals surface area contributed by atoms with Crippen LogP contribution >= 0.6 is 0 Å². The Morgan fingerprint density at radius 1 is 1.39 bits per heavy atom. The molecule has 1 heterocycles. The van der Waals surface area contributed by atoms with Crippen LogP contribution in [0.3, 0.4) is 0 Å². The van der Waals surface area contributed by atoms with E-state index in [1.54, 1.807) is 0 Å². The van der Waals surface area contributed by atoms with Crippen molar-refractivity contribution in [2.75, 3.05) is 7.11 Å². The number of hydrogen-bond donors (Lipinski definition) is 1. The molecule has 1 N–H and O–H groups in total. The second-order valence-electron chi connectivity index (χ2n) is 4.50. The molecule has 4 heteroatoms. The van der Waals surface area contributed by atoms with E-state index in [2.05, 4.69) is 20.8 Å². The smallest absolute Gasteiger partial charge is 0.356 e. The zero-order valence-corrected chi connectivity index (χ0v) is 10.1. The van der Waals surface area contributed by atoms with Crippen molar-refractivity contribution in [3.05, 3.63) is 41.7 Å².